The second kappa shape index (κ2) is 5.88. The summed E-state index contributed by atoms with van der Waals surface area (Å²) in [6, 6.07) is 3.44. The molecular formula is C13H16N2O3S. The lowest BCUT2D eigenvalue weighted by molar-refractivity contribution is -0.139. The minimum atomic E-state index is -0.334. The van der Waals surface area contributed by atoms with E-state index in [-0.39, 0.29) is 12.0 Å². The van der Waals surface area contributed by atoms with Crippen LogP contribution in [-0.4, -0.2) is 23.7 Å². The first kappa shape index (κ1) is 13.6. The van der Waals surface area contributed by atoms with E-state index in [0.29, 0.717) is 23.7 Å². The summed E-state index contributed by atoms with van der Waals surface area (Å²) in [6.45, 7) is 3.94. The summed E-state index contributed by atoms with van der Waals surface area (Å²) in [6.07, 6.45) is 2.15. The maximum atomic E-state index is 12.0. The summed E-state index contributed by atoms with van der Waals surface area (Å²) in [5.41, 5.74) is 1.28. The Kier molecular flexibility index (Phi) is 4.21. The molecule has 0 saturated heterocycles. The monoisotopic (exact) mass is 280 g/mol. The van der Waals surface area contributed by atoms with Crippen LogP contribution < -0.4 is 10.6 Å². The van der Waals surface area contributed by atoms with E-state index in [1.165, 1.54) is 0 Å². The molecule has 0 saturated carbocycles. The summed E-state index contributed by atoms with van der Waals surface area (Å²) < 4.78 is 10.4. The molecule has 0 aliphatic carbocycles. The Morgan fingerprint density at radius 3 is 3.00 bits per heavy atom. The molecule has 5 nitrogen and oxygen atoms in total. The van der Waals surface area contributed by atoms with Crippen molar-refractivity contribution in [2.24, 2.45) is 0 Å². The molecule has 1 unspecified atom stereocenters. The number of ether oxygens (including phenoxy) is 1. The first-order valence-electron chi connectivity index (χ1n) is 6.09. The molecule has 19 heavy (non-hydrogen) atoms. The van der Waals surface area contributed by atoms with E-state index in [0.717, 1.165) is 11.5 Å². The zero-order chi connectivity index (χ0) is 13.8. The van der Waals surface area contributed by atoms with Gasteiger partial charge in [0.1, 0.15) is 5.76 Å². The first-order valence-corrected chi connectivity index (χ1v) is 6.50. The maximum absolute atomic E-state index is 12.0. The predicted molar refractivity (Wildman–Crippen MR) is 74.4 cm³/mol. The van der Waals surface area contributed by atoms with Crippen LogP contribution >= 0.6 is 12.2 Å². The van der Waals surface area contributed by atoms with Crippen LogP contribution in [0.3, 0.4) is 0 Å². The van der Waals surface area contributed by atoms with E-state index in [2.05, 4.69) is 10.6 Å². The van der Waals surface area contributed by atoms with Crippen LogP contribution in [0.25, 0.3) is 0 Å². The summed E-state index contributed by atoms with van der Waals surface area (Å²) in [4.78, 5) is 12.0. The van der Waals surface area contributed by atoms with Gasteiger partial charge in [-0.25, -0.2) is 4.79 Å². The number of hydrogen-bond donors (Lipinski definition) is 2. The fourth-order valence-electron chi connectivity index (χ4n) is 2.05. The largest absolute Gasteiger partial charge is 0.469 e. The van der Waals surface area contributed by atoms with Crippen molar-refractivity contribution in [3.05, 3.63) is 35.4 Å². The van der Waals surface area contributed by atoms with E-state index in [1.807, 2.05) is 19.1 Å². The molecule has 1 aromatic heterocycles. The number of esters is 1. The lowest BCUT2D eigenvalue weighted by Crippen LogP contribution is -2.50. The van der Waals surface area contributed by atoms with Gasteiger partial charge >= 0.3 is 5.97 Å². The Hall–Kier alpha value is -1.82. The van der Waals surface area contributed by atoms with E-state index in [1.54, 1.807) is 13.2 Å². The fourth-order valence-corrected chi connectivity index (χ4v) is 2.35. The van der Waals surface area contributed by atoms with Gasteiger partial charge in [0.05, 0.1) is 24.5 Å². The summed E-state index contributed by atoms with van der Waals surface area (Å²) >= 11 is 5.12. The quantitative estimate of drug-likeness (QED) is 0.644. The average molecular weight is 280 g/mol. The third kappa shape index (κ3) is 3.14. The highest BCUT2D eigenvalue weighted by Crippen LogP contribution is 2.18. The molecule has 2 heterocycles. The standard InChI is InChI=1S/C13H16N2O3S/c1-3-17-12(16)11-8(2)14-13(19)15-10(11)7-9-5-4-6-18-9/h4-6,10H,3,7H2,1-2H3,(H2,14,15,19). The Balaban J connectivity index is 2.24. The van der Waals surface area contributed by atoms with Crippen molar-refractivity contribution in [2.45, 2.75) is 26.3 Å². The van der Waals surface area contributed by atoms with Crippen molar-refractivity contribution in [2.75, 3.05) is 6.61 Å². The SMILES string of the molecule is CCOC(=O)C1=C(C)NC(=S)NC1Cc1ccco1. The van der Waals surface area contributed by atoms with Crippen LogP contribution in [0.4, 0.5) is 0 Å². The lowest BCUT2D eigenvalue weighted by atomic mass is 9.99. The number of carbonyl (C=O) groups is 1. The molecule has 0 radical (unpaired) electrons. The third-order valence-corrected chi connectivity index (χ3v) is 3.06. The molecule has 0 bridgehead atoms. The second-order valence-electron chi connectivity index (χ2n) is 4.19. The number of carbonyl (C=O) groups excluding carboxylic acids is 1. The van der Waals surface area contributed by atoms with E-state index in [4.69, 9.17) is 21.4 Å². The number of allylic oxidation sites excluding steroid dienone is 1. The van der Waals surface area contributed by atoms with Crippen LogP contribution in [0.5, 0.6) is 0 Å². The Labute approximate surface area is 117 Å². The predicted octanol–water partition coefficient (Wildman–Crippen LogP) is 1.51. The number of thiocarbonyl (C=S) groups is 1. The number of rotatable bonds is 4. The molecule has 2 N–H and O–H groups in total. The van der Waals surface area contributed by atoms with Gasteiger partial charge in [0, 0.05) is 12.1 Å². The van der Waals surface area contributed by atoms with Crippen molar-refractivity contribution in [3.8, 4) is 0 Å². The van der Waals surface area contributed by atoms with Crippen LogP contribution in [0.1, 0.15) is 19.6 Å². The van der Waals surface area contributed by atoms with Crippen molar-refractivity contribution in [1.29, 1.82) is 0 Å². The van der Waals surface area contributed by atoms with Gasteiger partial charge in [-0.15, -0.1) is 0 Å². The Morgan fingerprint density at radius 1 is 1.58 bits per heavy atom. The molecular weight excluding hydrogens is 264 g/mol. The average Bonchev–Trinajstić information content (AvgIpc) is 2.81. The lowest BCUT2D eigenvalue weighted by Gasteiger charge is -2.28. The van der Waals surface area contributed by atoms with E-state index in [9.17, 15) is 4.79 Å². The van der Waals surface area contributed by atoms with Gasteiger partial charge in [0.15, 0.2) is 5.11 Å². The summed E-state index contributed by atoms with van der Waals surface area (Å²) in [5, 5.41) is 6.52. The minimum Gasteiger partial charge on any atom is -0.469 e. The van der Waals surface area contributed by atoms with Gasteiger partial charge < -0.3 is 19.8 Å². The Morgan fingerprint density at radius 2 is 2.37 bits per heavy atom. The van der Waals surface area contributed by atoms with Gasteiger partial charge in [-0.1, -0.05) is 0 Å². The highest BCUT2D eigenvalue weighted by Gasteiger charge is 2.30. The number of nitrogens with one attached hydrogen (secondary N) is 2. The van der Waals surface area contributed by atoms with Crippen molar-refractivity contribution in [1.82, 2.24) is 10.6 Å². The summed E-state index contributed by atoms with van der Waals surface area (Å²) in [5.74, 6) is 0.454. The molecule has 102 valence electrons. The van der Waals surface area contributed by atoms with Gasteiger partial charge in [0.25, 0.3) is 0 Å². The van der Waals surface area contributed by atoms with Crippen LogP contribution in [-0.2, 0) is 16.0 Å². The van der Waals surface area contributed by atoms with Crippen molar-refractivity contribution >= 4 is 23.3 Å². The zero-order valence-corrected chi connectivity index (χ0v) is 11.7. The van der Waals surface area contributed by atoms with Crippen molar-refractivity contribution < 1.29 is 13.9 Å². The van der Waals surface area contributed by atoms with Crippen LogP contribution in [0.2, 0.25) is 0 Å². The molecule has 6 heteroatoms. The fraction of sp³-hybridized carbons (Fsp3) is 0.385. The molecule has 0 fully saturated rings. The highest BCUT2D eigenvalue weighted by molar-refractivity contribution is 7.80. The van der Waals surface area contributed by atoms with Crippen LogP contribution in [0, 0.1) is 0 Å². The van der Waals surface area contributed by atoms with Gasteiger partial charge in [-0.2, -0.15) is 0 Å². The molecule has 0 amide bonds. The van der Waals surface area contributed by atoms with E-state index < -0.39 is 0 Å². The number of furan rings is 1. The normalized spacial score (nSPS) is 18.8. The molecule has 1 aromatic rings. The maximum Gasteiger partial charge on any atom is 0.337 e. The van der Waals surface area contributed by atoms with Crippen molar-refractivity contribution in [3.63, 3.8) is 0 Å². The minimum absolute atomic E-state index is 0.237. The zero-order valence-electron chi connectivity index (χ0n) is 10.9. The topological polar surface area (TPSA) is 63.5 Å². The summed E-state index contributed by atoms with van der Waals surface area (Å²) in [7, 11) is 0. The third-order valence-electron chi connectivity index (χ3n) is 2.84. The number of hydrogen-bond acceptors (Lipinski definition) is 4. The molecule has 2 rings (SSSR count). The van der Waals surface area contributed by atoms with E-state index >= 15 is 0 Å². The molecule has 0 aromatic carbocycles. The Bertz CT molecular complexity index is 508. The van der Waals surface area contributed by atoms with Gasteiger partial charge in [-0.3, -0.25) is 0 Å². The van der Waals surface area contributed by atoms with Gasteiger partial charge in [0.2, 0.25) is 0 Å². The smallest absolute Gasteiger partial charge is 0.337 e. The second-order valence-corrected chi connectivity index (χ2v) is 4.60. The molecule has 1 aliphatic heterocycles. The first-order chi connectivity index (χ1) is 9.11. The highest BCUT2D eigenvalue weighted by atomic mass is 32.1. The molecule has 1 atom stereocenters. The van der Waals surface area contributed by atoms with Crippen LogP contribution in [0.15, 0.2) is 34.1 Å². The molecule has 0 spiro atoms. The van der Waals surface area contributed by atoms with Gasteiger partial charge in [-0.05, 0) is 38.2 Å². The molecule has 1 aliphatic rings.